The Hall–Kier alpha value is -0.920. The van der Waals surface area contributed by atoms with Gasteiger partial charge in [-0.1, -0.05) is 0 Å². The van der Waals surface area contributed by atoms with Crippen LogP contribution in [0.5, 0.6) is 0 Å². The maximum atomic E-state index is 12.3. The number of piperidine rings is 1. The van der Waals surface area contributed by atoms with Crippen molar-refractivity contribution in [2.24, 2.45) is 5.92 Å². The van der Waals surface area contributed by atoms with Crippen molar-refractivity contribution in [3.05, 3.63) is 12.3 Å². The van der Waals surface area contributed by atoms with Crippen molar-refractivity contribution in [1.82, 2.24) is 19.8 Å². The molecule has 7 heteroatoms. The summed E-state index contributed by atoms with van der Waals surface area (Å²) in [6.07, 6.45) is 3.44. The topological polar surface area (TPSA) is 78.1 Å². The van der Waals surface area contributed by atoms with Gasteiger partial charge in [0.15, 0.2) is 5.03 Å². The third-order valence-corrected chi connectivity index (χ3v) is 5.47. The number of aromatic nitrogens is 2. The quantitative estimate of drug-likeness (QED) is 0.832. The summed E-state index contributed by atoms with van der Waals surface area (Å²) in [5.41, 5.74) is 0. The van der Waals surface area contributed by atoms with Gasteiger partial charge in [-0.15, -0.1) is 0 Å². The molecule has 2 heterocycles. The third kappa shape index (κ3) is 2.57. The summed E-state index contributed by atoms with van der Waals surface area (Å²) in [7, 11) is -1.50. The monoisotopic (exact) mass is 272 g/mol. The van der Waals surface area contributed by atoms with Crippen LogP contribution in [0.25, 0.3) is 0 Å². The summed E-state index contributed by atoms with van der Waals surface area (Å²) in [5, 5.41) is 9.63. The molecule has 0 spiro atoms. The van der Waals surface area contributed by atoms with E-state index in [4.69, 9.17) is 0 Å². The van der Waals surface area contributed by atoms with Gasteiger partial charge in [0.2, 0.25) is 0 Å². The largest absolute Gasteiger partial charge is 0.317 e. The molecule has 0 amide bonds. The van der Waals surface area contributed by atoms with Gasteiger partial charge in [0, 0.05) is 19.1 Å². The normalized spacial score (nSPS) is 24.0. The zero-order valence-corrected chi connectivity index (χ0v) is 11.6. The van der Waals surface area contributed by atoms with E-state index in [-0.39, 0.29) is 5.03 Å². The first-order chi connectivity index (χ1) is 8.55. The van der Waals surface area contributed by atoms with E-state index in [0.29, 0.717) is 25.0 Å². The number of sulfonamides is 1. The summed E-state index contributed by atoms with van der Waals surface area (Å²) >= 11 is 0. The van der Waals surface area contributed by atoms with Crippen LogP contribution in [0, 0.1) is 5.92 Å². The highest BCUT2D eigenvalue weighted by Gasteiger charge is 2.32. The molecule has 0 aromatic carbocycles. The second-order valence-corrected chi connectivity index (χ2v) is 6.67. The molecule has 2 unspecified atom stereocenters. The molecule has 0 radical (unpaired) electrons. The van der Waals surface area contributed by atoms with Crippen molar-refractivity contribution in [1.29, 1.82) is 0 Å². The number of nitrogens with one attached hydrogen (secondary N) is 2. The average Bonchev–Trinajstić information content (AvgIpc) is 2.92. The van der Waals surface area contributed by atoms with Gasteiger partial charge in [0.25, 0.3) is 10.0 Å². The van der Waals surface area contributed by atoms with E-state index in [0.717, 1.165) is 12.8 Å². The summed E-state index contributed by atoms with van der Waals surface area (Å²) in [4.78, 5) is 0. The van der Waals surface area contributed by atoms with Gasteiger partial charge >= 0.3 is 0 Å². The van der Waals surface area contributed by atoms with Crippen LogP contribution in [0.3, 0.4) is 0 Å². The van der Waals surface area contributed by atoms with E-state index >= 15 is 0 Å². The summed E-state index contributed by atoms with van der Waals surface area (Å²) < 4.78 is 26.2. The Bertz CT molecular complexity index is 471. The van der Waals surface area contributed by atoms with E-state index in [9.17, 15) is 8.42 Å². The molecule has 0 bridgehead atoms. The number of hydrogen-bond donors (Lipinski definition) is 2. The van der Waals surface area contributed by atoms with Crippen LogP contribution in [0.4, 0.5) is 0 Å². The fourth-order valence-electron chi connectivity index (χ4n) is 2.36. The standard InChI is InChI=1S/C11H20N4O2S/c1-9(12-2)10-4-3-7-15(8-10)18(16,17)11-5-6-13-14-11/h5-6,9-10,12H,3-4,7-8H2,1-2H3,(H,13,14). The molecule has 1 saturated heterocycles. The Kier molecular flexibility index (Phi) is 4.04. The van der Waals surface area contributed by atoms with Crippen LogP contribution >= 0.6 is 0 Å². The smallest absolute Gasteiger partial charge is 0.259 e. The molecule has 2 atom stereocenters. The summed E-state index contributed by atoms with van der Waals surface area (Å²) in [5.74, 6) is 0.362. The van der Waals surface area contributed by atoms with Gasteiger partial charge in [-0.3, -0.25) is 5.10 Å². The first-order valence-electron chi connectivity index (χ1n) is 6.22. The van der Waals surface area contributed by atoms with Crippen molar-refractivity contribution < 1.29 is 8.42 Å². The summed E-state index contributed by atoms with van der Waals surface area (Å²) in [6.45, 7) is 3.26. The maximum Gasteiger partial charge on any atom is 0.259 e. The highest BCUT2D eigenvalue weighted by Crippen LogP contribution is 2.24. The minimum absolute atomic E-state index is 0.181. The molecule has 6 nitrogen and oxygen atoms in total. The second-order valence-electron chi connectivity index (χ2n) is 4.76. The van der Waals surface area contributed by atoms with Crippen LogP contribution in [-0.4, -0.2) is 49.1 Å². The number of aromatic amines is 1. The minimum atomic E-state index is -3.41. The number of hydrogen-bond acceptors (Lipinski definition) is 4. The molecule has 1 fully saturated rings. The molecule has 1 aliphatic rings. The Morgan fingerprint density at radius 1 is 1.61 bits per heavy atom. The van der Waals surface area contributed by atoms with Crippen molar-refractivity contribution >= 4 is 10.0 Å². The van der Waals surface area contributed by atoms with E-state index in [1.807, 2.05) is 7.05 Å². The van der Waals surface area contributed by atoms with Gasteiger partial charge in [0.1, 0.15) is 0 Å². The fourth-order valence-corrected chi connectivity index (χ4v) is 3.80. The Morgan fingerprint density at radius 2 is 2.39 bits per heavy atom. The SMILES string of the molecule is CNC(C)C1CCCN(S(=O)(=O)c2ccn[nH]2)C1. The fraction of sp³-hybridized carbons (Fsp3) is 0.727. The lowest BCUT2D eigenvalue weighted by atomic mass is 9.93. The molecule has 0 saturated carbocycles. The van der Waals surface area contributed by atoms with Gasteiger partial charge in [-0.25, -0.2) is 8.42 Å². The molecule has 2 rings (SSSR count). The van der Waals surface area contributed by atoms with E-state index in [1.54, 1.807) is 4.31 Å². The predicted molar refractivity (Wildman–Crippen MR) is 68.6 cm³/mol. The van der Waals surface area contributed by atoms with Crippen LogP contribution in [0.15, 0.2) is 17.3 Å². The maximum absolute atomic E-state index is 12.3. The highest BCUT2D eigenvalue weighted by molar-refractivity contribution is 7.89. The van der Waals surface area contributed by atoms with Gasteiger partial charge in [-0.2, -0.15) is 9.40 Å². The second kappa shape index (κ2) is 5.38. The Balaban J connectivity index is 2.14. The van der Waals surface area contributed by atoms with Crippen LogP contribution < -0.4 is 5.32 Å². The zero-order chi connectivity index (χ0) is 13.2. The lowest BCUT2D eigenvalue weighted by Crippen LogP contribution is -2.45. The summed E-state index contributed by atoms with van der Waals surface area (Å²) in [6, 6.07) is 1.82. The number of H-pyrrole nitrogens is 1. The molecule has 2 N–H and O–H groups in total. The lowest BCUT2D eigenvalue weighted by molar-refractivity contribution is 0.228. The minimum Gasteiger partial charge on any atom is -0.317 e. The molecule has 102 valence electrons. The first kappa shape index (κ1) is 13.5. The molecule has 1 aromatic heterocycles. The number of nitrogens with zero attached hydrogens (tertiary/aromatic N) is 2. The highest BCUT2D eigenvalue weighted by atomic mass is 32.2. The van der Waals surface area contributed by atoms with E-state index < -0.39 is 10.0 Å². The molecule has 0 aliphatic carbocycles. The van der Waals surface area contributed by atoms with E-state index in [1.165, 1.54) is 12.3 Å². The third-order valence-electron chi connectivity index (χ3n) is 3.68. The van der Waals surface area contributed by atoms with Crippen LogP contribution in [0.1, 0.15) is 19.8 Å². The zero-order valence-electron chi connectivity index (χ0n) is 10.8. The van der Waals surface area contributed by atoms with Crippen LogP contribution in [-0.2, 0) is 10.0 Å². The Morgan fingerprint density at radius 3 is 3.00 bits per heavy atom. The number of rotatable bonds is 4. The van der Waals surface area contributed by atoms with Crippen molar-refractivity contribution in [2.75, 3.05) is 20.1 Å². The predicted octanol–water partition coefficient (Wildman–Crippen LogP) is 0.418. The van der Waals surface area contributed by atoms with Crippen molar-refractivity contribution in [3.8, 4) is 0 Å². The Labute approximate surface area is 108 Å². The molecule has 18 heavy (non-hydrogen) atoms. The molecular formula is C11H20N4O2S. The van der Waals surface area contributed by atoms with Crippen molar-refractivity contribution in [2.45, 2.75) is 30.8 Å². The van der Waals surface area contributed by atoms with Gasteiger partial charge < -0.3 is 5.32 Å². The lowest BCUT2D eigenvalue weighted by Gasteiger charge is -2.34. The first-order valence-corrected chi connectivity index (χ1v) is 7.66. The van der Waals surface area contributed by atoms with E-state index in [2.05, 4.69) is 22.4 Å². The molecule has 1 aliphatic heterocycles. The van der Waals surface area contributed by atoms with Gasteiger partial charge in [0.05, 0.1) is 6.20 Å². The van der Waals surface area contributed by atoms with Gasteiger partial charge in [-0.05, 0) is 38.8 Å². The molecule has 1 aromatic rings. The van der Waals surface area contributed by atoms with Crippen LogP contribution in [0.2, 0.25) is 0 Å². The molecular weight excluding hydrogens is 252 g/mol. The van der Waals surface area contributed by atoms with Crippen molar-refractivity contribution in [3.63, 3.8) is 0 Å². The average molecular weight is 272 g/mol.